The van der Waals surface area contributed by atoms with Crippen molar-refractivity contribution in [3.63, 3.8) is 0 Å². The maximum Gasteiger partial charge on any atom is 1.00 e. The third-order valence-electron chi connectivity index (χ3n) is 8.60. The summed E-state index contributed by atoms with van der Waals surface area (Å²) in [7, 11) is 0. The third-order valence-corrected chi connectivity index (χ3v) is 8.60. The van der Waals surface area contributed by atoms with Gasteiger partial charge in [0, 0.05) is 44.5 Å². The summed E-state index contributed by atoms with van der Waals surface area (Å²) < 4.78 is 360. The van der Waals surface area contributed by atoms with Crippen LogP contribution in [0.1, 0.15) is 44.5 Å². The van der Waals surface area contributed by atoms with Crippen LogP contribution in [0.25, 0.3) is 0 Å². The van der Waals surface area contributed by atoms with Crippen LogP contribution >= 0.6 is 0 Å². The van der Waals surface area contributed by atoms with Crippen molar-refractivity contribution in [3.05, 3.63) is 117 Å². The van der Waals surface area contributed by atoms with Gasteiger partial charge in [-0.3, -0.25) is 0 Å². The van der Waals surface area contributed by atoms with E-state index in [-0.39, 0.29) is 29.6 Å². The molecule has 4 aromatic carbocycles. The SMILES string of the molecule is FC(F)(F)c1cccc(C(F)(F)F)c1[B-](c1c(C(F)(F)F)cccc1C(F)(F)F)(c1c(C(F)(F)F)cccc1C(F)(F)F)c1c(C(F)(F)F)cccc1C(F)(F)F.[Na+]. The summed E-state index contributed by atoms with van der Waals surface area (Å²) in [5.41, 5.74) is -42.7. The van der Waals surface area contributed by atoms with Gasteiger partial charge in [-0.1, -0.05) is 72.8 Å². The van der Waals surface area contributed by atoms with Gasteiger partial charge in [-0.25, -0.2) is 0 Å². The van der Waals surface area contributed by atoms with E-state index in [9.17, 15) is 0 Å². The molecule has 26 heteroatoms. The first-order valence-corrected chi connectivity index (χ1v) is 14.7. The van der Waals surface area contributed by atoms with Crippen LogP contribution in [0.4, 0.5) is 105 Å². The van der Waals surface area contributed by atoms with Gasteiger partial charge in [-0.05, 0) is 0 Å². The molecule has 0 heterocycles. The molecule has 0 radical (unpaired) electrons. The number of benzene rings is 4. The van der Waals surface area contributed by atoms with Crippen LogP contribution in [0, 0.1) is 0 Å². The molecule has 0 fully saturated rings. The quantitative estimate of drug-likeness (QED) is 0.143. The van der Waals surface area contributed by atoms with Crippen molar-refractivity contribution in [2.24, 2.45) is 0 Å². The van der Waals surface area contributed by atoms with E-state index in [1.807, 2.05) is 0 Å². The van der Waals surface area contributed by atoms with Gasteiger partial charge >= 0.3 is 79.0 Å². The van der Waals surface area contributed by atoms with Gasteiger partial charge in [0.2, 0.25) is 0 Å². The maximum absolute atomic E-state index is 15.0. The smallest absolute Gasteiger partial charge is 0.171 e. The molecular formula is C32H12BF24Na. The van der Waals surface area contributed by atoms with Gasteiger partial charge in [-0.2, -0.15) is 127 Å². The molecular weight excluding hydrogens is 874 g/mol. The van der Waals surface area contributed by atoms with Crippen LogP contribution in [0.3, 0.4) is 0 Å². The Hall–Kier alpha value is -3.74. The first-order chi connectivity index (χ1) is 25.4. The van der Waals surface area contributed by atoms with Crippen LogP contribution < -0.4 is 51.4 Å². The van der Waals surface area contributed by atoms with E-state index < -0.39 is 195 Å². The number of hydrogen-bond donors (Lipinski definition) is 0. The van der Waals surface area contributed by atoms with Gasteiger partial charge in [-0.15, -0.1) is 0 Å². The zero-order valence-electron chi connectivity index (χ0n) is 27.6. The van der Waals surface area contributed by atoms with E-state index >= 15 is 105 Å². The van der Waals surface area contributed by atoms with Gasteiger partial charge < -0.3 is 0 Å². The molecule has 0 bridgehead atoms. The standard InChI is InChI=1S/C32H12BF24.Na/c34-25(35,36)13-5-1-6-14(26(37,38)39)21(13)33(22-15(27(40,41)42)7-2-8-16(22)28(43,44)45,23-17(29(46,47)48)9-3-10-18(23)30(49,50)51)24-19(31(52,53)54)11-4-12-20(24)32(55,56)57;/h1-12H;/q-1;+1. The average molecular weight is 886 g/mol. The van der Waals surface area contributed by atoms with Crippen LogP contribution in [0.15, 0.2) is 72.8 Å². The molecule has 0 spiro atoms. The van der Waals surface area contributed by atoms with Crippen molar-refractivity contribution >= 4 is 28.0 Å². The maximum atomic E-state index is 15.0. The second kappa shape index (κ2) is 15.1. The van der Waals surface area contributed by atoms with Crippen molar-refractivity contribution in [3.8, 4) is 0 Å². The monoisotopic (exact) mass is 886 g/mol. The average Bonchev–Trinajstić information content (AvgIpc) is 3.01. The molecule has 0 unspecified atom stereocenters. The fourth-order valence-corrected chi connectivity index (χ4v) is 6.97. The fraction of sp³-hybridized carbons (Fsp3) is 0.250. The molecule has 4 rings (SSSR count). The summed E-state index contributed by atoms with van der Waals surface area (Å²) in [5, 5.41) is 0. The van der Waals surface area contributed by atoms with Gasteiger partial charge in [0.05, 0.1) is 0 Å². The molecule has 0 aliphatic rings. The number of hydrogen-bond acceptors (Lipinski definition) is 0. The third kappa shape index (κ3) is 8.90. The minimum atomic E-state index is -7.76. The van der Waals surface area contributed by atoms with E-state index in [0.29, 0.717) is 0 Å². The predicted molar refractivity (Wildman–Crippen MR) is 150 cm³/mol. The normalized spacial score (nSPS) is 14.1. The molecule has 0 saturated carbocycles. The first kappa shape index (κ1) is 48.6. The second-order valence-electron chi connectivity index (χ2n) is 11.9. The molecule has 0 saturated heterocycles. The number of halogens is 24. The van der Waals surface area contributed by atoms with Crippen molar-refractivity contribution in [1.82, 2.24) is 0 Å². The number of alkyl halides is 24. The van der Waals surface area contributed by atoms with E-state index in [1.54, 1.807) is 0 Å². The van der Waals surface area contributed by atoms with Gasteiger partial charge in [0.1, 0.15) is 6.15 Å². The van der Waals surface area contributed by atoms with Crippen LogP contribution in [-0.2, 0) is 49.4 Å². The summed E-state index contributed by atoms with van der Waals surface area (Å²) in [5.74, 6) is 0. The van der Waals surface area contributed by atoms with Crippen LogP contribution in [0.2, 0.25) is 0 Å². The van der Waals surface area contributed by atoms with E-state index in [1.165, 1.54) is 0 Å². The summed E-state index contributed by atoms with van der Waals surface area (Å²) in [4.78, 5) is 0. The minimum absolute atomic E-state index is 0. The number of rotatable bonds is 4. The largest absolute Gasteiger partial charge is 1.00 e. The van der Waals surface area contributed by atoms with Crippen molar-refractivity contribution in [2.45, 2.75) is 49.4 Å². The molecule has 0 nitrogen and oxygen atoms in total. The van der Waals surface area contributed by atoms with E-state index in [0.717, 1.165) is 0 Å². The zero-order valence-corrected chi connectivity index (χ0v) is 29.6. The Balaban J connectivity index is 0.00000900. The molecule has 0 aliphatic heterocycles. The Morgan fingerprint density at radius 2 is 0.328 bits per heavy atom. The molecule has 4 aromatic rings. The van der Waals surface area contributed by atoms with Crippen molar-refractivity contribution in [1.29, 1.82) is 0 Å². The Bertz CT molecular complexity index is 1700. The summed E-state index contributed by atoms with van der Waals surface area (Å²) in [6.45, 7) is 0. The fourth-order valence-electron chi connectivity index (χ4n) is 6.97. The Labute approximate surface area is 329 Å². The van der Waals surface area contributed by atoms with Crippen molar-refractivity contribution in [2.75, 3.05) is 0 Å². The summed E-state index contributed by atoms with van der Waals surface area (Å²) in [6.07, 6.45) is -62.5. The van der Waals surface area contributed by atoms with Crippen LogP contribution in [0.5, 0.6) is 0 Å². The Morgan fingerprint density at radius 1 is 0.224 bits per heavy atom. The summed E-state index contributed by atoms with van der Waals surface area (Å²) in [6, 6.07) is -8.09. The molecule has 0 atom stereocenters. The topological polar surface area (TPSA) is 0 Å². The molecule has 58 heavy (non-hydrogen) atoms. The predicted octanol–water partition coefficient (Wildman–Crippen LogP) is 8.22. The van der Waals surface area contributed by atoms with E-state index in [2.05, 4.69) is 0 Å². The molecule has 312 valence electrons. The Kier molecular flexibility index (Phi) is 12.6. The molecule has 0 aromatic heterocycles. The van der Waals surface area contributed by atoms with Crippen molar-refractivity contribution < 1.29 is 135 Å². The Morgan fingerprint density at radius 3 is 0.414 bits per heavy atom. The van der Waals surface area contributed by atoms with Crippen LogP contribution in [-0.4, -0.2) is 6.15 Å². The second-order valence-corrected chi connectivity index (χ2v) is 11.9. The zero-order chi connectivity index (χ0) is 43.9. The minimum Gasteiger partial charge on any atom is -0.171 e. The molecule has 0 amide bonds. The molecule has 0 aliphatic carbocycles. The van der Waals surface area contributed by atoms with Gasteiger partial charge in [0.25, 0.3) is 0 Å². The first-order valence-electron chi connectivity index (χ1n) is 14.7. The van der Waals surface area contributed by atoms with E-state index in [4.69, 9.17) is 0 Å². The molecule has 0 N–H and O–H groups in total. The summed E-state index contributed by atoms with van der Waals surface area (Å²) >= 11 is 0. The van der Waals surface area contributed by atoms with Gasteiger partial charge in [0.15, 0.2) is 0 Å².